The van der Waals surface area contributed by atoms with Crippen molar-refractivity contribution >= 4 is 33.9 Å². The van der Waals surface area contributed by atoms with Gasteiger partial charge in [0.2, 0.25) is 0 Å². The van der Waals surface area contributed by atoms with Crippen LogP contribution >= 0.6 is 11.3 Å². The molecule has 0 radical (unpaired) electrons. The highest BCUT2D eigenvalue weighted by Gasteiger charge is 2.15. The van der Waals surface area contributed by atoms with Crippen molar-refractivity contribution in [3.8, 4) is 11.3 Å². The summed E-state index contributed by atoms with van der Waals surface area (Å²) in [5, 5.41) is 4.59. The molecule has 0 saturated carbocycles. The van der Waals surface area contributed by atoms with E-state index in [0.717, 1.165) is 0 Å². The first-order valence-electron chi connectivity index (χ1n) is 7.65. The third-order valence-corrected chi connectivity index (χ3v) is 4.39. The number of nitrogens with zero attached hydrogens (tertiary/aromatic N) is 1. The maximum absolute atomic E-state index is 14.1. The lowest BCUT2D eigenvalue weighted by atomic mass is 10.1. The van der Waals surface area contributed by atoms with Gasteiger partial charge in [0.25, 0.3) is 5.91 Å². The maximum atomic E-state index is 14.1. The third-order valence-electron chi connectivity index (χ3n) is 3.81. The van der Waals surface area contributed by atoms with Gasteiger partial charge in [-0.05, 0) is 24.3 Å². The molecule has 0 unspecified atom stereocenters. The summed E-state index contributed by atoms with van der Waals surface area (Å²) in [7, 11) is 0. The number of hydrogen-bond donors (Lipinski definition) is 1. The van der Waals surface area contributed by atoms with Crippen LogP contribution in [-0.2, 0) is 0 Å². The topological polar surface area (TPSA) is 72.2 Å². The van der Waals surface area contributed by atoms with Crippen molar-refractivity contribution in [2.45, 2.75) is 0 Å². The Morgan fingerprint density at radius 3 is 2.77 bits per heavy atom. The SMILES string of the molecule is O=C(Nc1cccc2c(=O)cc(-c3ccccc3F)oc12)c1cscn1. The number of aromatic nitrogens is 1. The molecule has 2 heterocycles. The Morgan fingerprint density at radius 1 is 1.15 bits per heavy atom. The van der Waals surface area contributed by atoms with E-state index in [9.17, 15) is 14.0 Å². The van der Waals surface area contributed by atoms with Crippen LogP contribution in [0.4, 0.5) is 10.1 Å². The Hall–Kier alpha value is -3.32. The zero-order chi connectivity index (χ0) is 18.1. The Balaban J connectivity index is 1.86. The molecule has 26 heavy (non-hydrogen) atoms. The lowest BCUT2D eigenvalue weighted by molar-refractivity contribution is 0.102. The zero-order valence-electron chi connectivity index (χ0n) is 13.2. The van der Waals surface area contributed by atoms with Gasteiger partial charge in [-0.25, -0.2) is 9.37 Å². The van der Waals surface area contributed by atoms with E-state index in [1.165, 1.54) is 29.5 Å². The number of carbonyl (C=O) groups is 1. The van der Waals surface area contributed by atoms with Gasteiger partial charge in [-0.2, -0.15) is 0 Å². The molecule has 1 amide bonds. The Morgan fingerprint density at radius 2 is 2.00 bits per heavy atom. The standard InChI is InChI=1S/C19H11FN2O3S/c20-13-6-2-1-4-11(13)17-8-16(23)12-5-3-7-14(18(12)25-17)22-19(24)15-9-26-10-21-15/h1-10H,(H,22,24). The summed E-state index contributed by atoms with van der Waals surface area (Å²) in [5.41, 5.74) is 2.16. The van der Waals surface area contributed by atoms with Crippen molar-refractivity contribution in [1.29, 1.82) is 0 Å². The van der Waals surface area contributed by atoms with Crippen LogP contribution in [0.3, 0.4) is 0 Å². The molecule has 0 aliphatic carbocycles. The van der Waals surface area contributed by atoms with E-state index in [1.807, 2.05) is 0 Å². The first-order valence-corrected chi connectivity index (χ1v) is 8.59. The minimum atomic E-state index is -0.501. The van der Waals surface area contributed by atoms with E-state index in [1.54, 1.807) is 41.2 Å². The number of anilines is 1. The second-order valence-electron chi connectivity index (χ2n) is 5.46. The minimum Gasteiger partial charge on any atom is -0.454 e. The molecule has 4 aromatic rings. The van der Waals surface area contributed by atoms with Gasteiger partial charge in [0.1, 0.15) is 17.3 Å². The summed E-state index contributed by atoms with van der Waals surface area (Å²) >= 11 is 1.30. The predicted octanol–water partition coefficient (Wildman–Crippen LogP) is 4.31. The van der Waals surface area contributed by atoms with Crippen molar-refractivity contribution in [1.82, 2.24) is 4.98 Å². The van der Waals surface area contributed by atoms with Crippen LogP contribution in [0.2, 0.25) is 0 Å². The Kier molecular flexibility index (Phi) is 4.06. The molecule has 0 bridgehead atoms. The second kappa shape index (κ2) is 6.53. The molecule has 0 saturated heterocycles. The van der Waals surface area contributed by atoms with Gasteiger partial charge in [-0.15, -0.1) is 11.3 Å². The van der Waals surface area contributed by atoms with E-state index < -0.39 is 11.7 Å². The van der Waals surface area contributed by atoms with Gasteiger partial charge >= 0.3 is 0 Å². The number of benzene rings is 2. The monoisotopic (exact) mass is 366 g/mol. The first kappa shape index (κ1) is 16.2. The Bertz CT molecular complexity index is 1170. The summed E-state index contributed by atoms with van der Waals surface area (Å²) in [6.45, 7) is 0. The zero-order valence-corrected chi connectivity index (χ0v) is 14.0. The number of thiazole rings is 1. The average molecular weight is 366 g/mol. The summed E-state index contributed by atoms with van der Waals surface area (Å²) < 4.78 is 19.9. The van der Waals surface area contributed by atoms with Gasteiger partial charge in [0.15, 0.2) is 11.0 Å². The van der Waals surface area contributed by atoms with Gasteiger partial charge in [-0.3, -0.25) is 9.59 Å². The molecule has 0 aliphatic rings. The largest absolute Gasteiger partial charge is 0.454 e. The number of para-hydroxylation sites is 1. The molecule has 0 fully saturated rings. The van der Waals surface area contributed by atoms with Crippen LogP contribution < -0.4 is 10.7 Å². The normalized spacial score (nSPS) is 10.8. The molecule has 1 N–H and O–H groups in total. The van der Waals surface area contributed by atoms with E-state index in [-0.39, 0.29) is 28.0 Å². The number of amides is 1. The van der Waals surface area contributed by atoms with Crippen molar-refractivity contribution in [2.75, 3.05) is 5.32 Å². The van der Waals surface area contributed by atoms with Gasteiger partial charge < -0.3 is 9.73 Å². The molecule has 0 aliphatic heterocycles. The Labute approximate surface area is 150 Å². The fourth-order valence-electron chi connectivity index (χ4n) is 2.58. The van der Waals surface area contributed by atoms with Crippen LogP contribution in [0.1, 0.15) is 10.5 Å². The maximum Gasteiger partial charge on any atom is 0.275 e. The molecule has 5 nitrogen and oxygen atoms in total. The van der Waals surface area contributed by atoms with Crippen LogP contribution in [0.15, 0.2) is 68.6 Å². The van der Waals surface area contributed by atoms with Crippen molar-refractivity contribution in [3.05, 3.63) is 81.2 Å². The molecule has 128 valence electrons. The van der Waals surface area contributed by atoms with Gasteiger partial charge in [-0.1, -0.05) is 18.2 Å². The van der Waals surface area contributed by atoms with E-state index >= 15 is 0 Å². The van der Waals surface area contributed by atoms with Crippen molar-refractivity contribution in [3.63, 3.8) is 0 Å². The highest BCUT2D eigenvalue weighted by atomic mass is 32.1. The predicted molar refractivity (Wildman–Crippen MR) is 97.9 cm³/mol. The van der Waals surface area contributed by atoms with Gasteiger partial charge in [0, 0.05) is 11.4 Å². The molecule has 0 spiro atoms. The lowest BCUT2D eigenvalue weighted by Gasteiger charge is -2.09. The van der Waals surface area contributed by atoms with E-state index in [0.29, 0.717) is 11.1 Å². The van der Waals surface area contributed by atoms with Crippen molar-refractivity contribution in [2.24, 2.45) is 0 Å². The number of carbonyl (C=O) groups excluding carboxylic acids is 1. The van der Waals surface area contributed by atoms with Crippen LogP contribution in [0, 0.1) is 5.82 Å². The second-order valence-corrected chi connectivity index (χ2v) is 6.18. The van der Waals surface area contributed by atoms with Crippen LogP contribution in [-0.4, -0.2) is 10.9 Å². The summed E-state index contributed by atoms with van der Waals surface area (Å²) in [6, 6.07) is 12.1. The number of fused-ring (bicyclic) bond motifs is 1. The lowest BCUT2D eigenvalue weighted by Crippen LogP contribution is -2.13. The fourth-order valence-corrected chi connectivity index (χ4v) is 3.11. The third kappa shape index (κ3) is 2.89. The van der Waals surface area contributed by atoms with Crippen LogP contribution in [0.25, 0.3) is 22.3 Å². The first-order chi connectivity index (χ1) is 12.6. The highest BCUT2D eigenvalue weighted by Crippen LogP contribution is 2.28. The number of halogens is 1. The van der Waals surface area contributed by atoms with Crippen molar-refractivity contribution < 1.29 is 13.6 Å². The molecule has 7 heteroatoms. The molecule has 4 rings (SSSR count). The fraction of sp³-hybridized carbons (Fsp3) is 0. The van der Waals surface area contributed by atoms with Crippen LogP contribution in [0.5, 0.6) is 0 Å². The molecule has 0 atom stereocenters. The highest BCUT2D eigenvalue weighted by molar-refractivity contribution is 7.07. The molecular formula is C19H11FN2O3S. The smallest absolute Gasteiger partial charge is 0.275 e. The number of hydrogen-bond acceptors (Lipinski definition) is 5. The van der Waals surface area contributed by atoms with E-state index in [2.05, 4.69) is 10.3 Å². The number of nitrogens with one attached hydrogen (secondary N) is 1. The minimum absolute atomic E-state index is 0.0935. The summed E-state index contributed by atoms with van der Waals surface area (Å²) in [5.74, 6) is -0.826. The average Bonchev–Trinajstić information content (AvgIpc) is 3.17. The van der Waals surface area contributed by atoms with Gasteiger partial charge in [0.05, 0.1) is 22.1 Å². The molecule has 2 aromatic carbocycles. The van der Waals surface area contributed by atoms with E-state index in [4.69, 9.17) is 4.42 Å². The molecule has 2 aromatic heterocycles. The summed E-state index contributed by atoms with van der Waals surface area (Å²) in [6.07, 6.45) is 0. The quantitative estimate of drug-likeness (QED) is 0.586. The molecular weight excluding hydrogens is 355 g/mol. The summed E-state index contributed by atoms with van der Waals surface area (Å²) in [4.78, 5) is 28.7. The number of rotatable bonds is 3.